The summed E-state index contributed by atoms with van der Waals surface area (Å²) in [5.74, 6) is -0.669. The zero-order valence-electron chi connectivity index (χ0n) is 15.5. The van der Waals surface area contributed by atoms with Gasteiger partial charge in [-0.05, 0) is 47.5 Å². The van der Waals surface area contributed by atoms with Gasteiger partial charge in [-0.25, -0.2) is 4.79 Å². The van der Waals surface area contributed by atoms with Crippen molar-refractivity contribution in [1.82, 2.24) is 0 Å². The quantitative estimate of drug-likeness (QED) is 0.624. The van der Waals surface area contributed by atoms with Crippen molar-refractivity contribution in [2.24, 2.45) is 0 Å². The zero-order valence-corrected chi connectivity index (χ0v) is 15.5. The number of rotatable bonds is 7. The summed E-state index contributed by atoms with van der Waals surface area (Å²) >= 11 is 0. The van der Waals surface area contributed by atoms with Gasteiger partial charge in [-0.15, -0.1) is 0 Å². The summed E-state index contributed by atoms with van der Waals surface area (Å²) in [5.41, 5.74) is 3.23. The van der Waals surface area contributed by atoms with Crippen LogP contribution in [-0.2, 0) is 14.3 Å². The Kier molecular flexibility index (Phi) is 6.58. The highest BCUT2D eigenvalue weighted by atomic mass is 16.6. The summed E-state index contributed by atoms with van der Waals surface area (Å²) in [7, 11) is 0. The van der Waals surface area contributed by atoms with Crippen LogP contribution in [0.25, 0.3) is 11.1 Å². The minimum Gasteiger partial charge on any atom is -0.482 e. The molecule has 0 spiro atoms. The van der Waals surface area contributed by atoms with E-state index in [0.717, 1.165) is 11.1 Å². The van der Waals surface area contributed by atoms with Crippen LogP contribution in [-0.4, -0.2) is 25.1 Å². The highest BCUT2D eigenvalue weighted by molar-refractivity contribution is 5.93. The molecule has 1 N–H and O–H groups in total. The number of nitrogens with one attached hydrogen (secondary N) is 1. The van der Waals surface area contributed by atoms with Crippen LogP contribution in [0, 0.1) is 11.3 Å². The molecule has 0 atom stereocenters. The zero-order chi connectivity index (χ0) is 20.5. The second-order valence-electron chi connectivity index (χ2n) is 6.08. The Morgan fingerprint density at radius 3 is 2.14 bits per heavy atom. The molecule has 0 bridgehead atoms. The predicted molar refractivity (Wildman–Crippen MR) is 108 cm³/mol. The van der Waals surface area contributed by atoms with Gasteiger partial charge in [0.15, 0.2) is 13.2 Å². The summed E-state index contributed by atoms with van der Waals surface area (Å²) in [5, 5.41) is 11.4. The molecule has 0 fully saturated rings. The monoisotopic (exact) mass is 386 g/mol. The molecule has 0 heterocycles. The number of esters is 1. The third-order valence-electron chi connectivity index (χ3n) is 3.98. The Balaban J connectivity index is 1.42. The van der Waals surface area contributed by atoms with E-state index in [2.05, 4.69) is 5.32 Å². The van der Waals surface area contributed by atoms with E-state index >= 15 is 0 Å². The molecule has 0 aliphatic carbocycles. The maximum atomic E-state index is 12.0. The molecule has 3 rings (SSSR count). The van der Waals surface area contributed by atoms with E-state index in [1.54, 1.807) is 36.4 Å². The Bertz CT molecular complexity index is 1010. The van der Waals surface area contributed by atoms with Crippen LogP contribution in [0.5, 0.6) is 5.75 Å². The highest BCUT2D eigenvalue weighted by Gasteiger charge is 2.09. The number of nitrogens with zero attached hydrogens (tertiary/aromatic N) is 1. The lowest BCUT2D eigenvalue weighted by atomic mass is 10.1. The van der Waals surface area contributed by atoms with Crippen LogP contribution in [0.3, 0.4) is 0 Å². The van der Waals surface area contributed by atoms with Crippen molar-refractivity contribution in [3.05, 3.63) is 84.4 Å². The first kappa shape index (κ1) is 19.6. The Morgan fingerprint density at radius 2 is 1.48 bits per heavy atom. The fourth-order valence-electron chi connectivity index (χ4n) is 2.53. The first-order valence-corrected chi connectivity index (χ1v) is 8.88. The molecule has 0 aliphatic heterocycles. The molecule has 6 heteroatoms. The number of carbonyl (C=O) groups is 2. The van der Waals surface area contributed by atoms with Gasteiger partial charge in [-0.3, -0.25) is 4.79 Å². The van der Waals surface area contributed by atoms with Crippen LogP contribution in [0.1, 0.15) is 5.56 Å². The molecule has 0 aromatic heterocycles. The maximum Gasteiger partial charge on any atom is 0.344 e. The summed E-state index contributed by atoms with van der Waals surface area (Å²) in [6.07, 6.45) is 0. The lowest BCUT2D eigenvalue weighted by Crippen LogP contribution is -2.23. The number of ether oxygens (including phenoxy) is 2. The third-order valence-corrected chi connectivity index (χ3v) is 3.98. The number of nitriles is 1. The normalized spacial score (nSPS) is 9.90. The summed E-state index contributed by atoms with van der Waals surface area (Å²) in [6, 6.07) is 25.6. The van der Waals surface area contributed by atoms with Gasteiger partial charge in [0.25, 0.3) is 5.91 Å². The van der Waals surface area contributed by atoms with Gasteiger partial charge in [0, 0.05) is 5.69 Å². The van der Waals surface area contributed by atoms with E-state index in [0.29, 0.717) is 17.0 Å². The lowest BCUT2D eigenvalue weighted by molar-refractivity contribution is -0.149. The number of hydrogen-bond acceptors (Lipinski definition) is 5. The number of amides is 1. The van der Waals surface area contributed by atoms with Gasteiger partial charge >= 0.3 is 5.97 Å². The molecule has 29 heavy (non-hydrogen) atoms. The van der Waals surface area contributed by atoms with Crippen molar-refractivity contribution in [3.63, 3.8) is 0 Å². The first-order valence-electron chi connectivity index (χ1n) is 8.88. The molecular formula is C23H18N2O4. The summed E-state index contributed by atoms with van der Waals surface area (Å²) in [4.78, 5) is 23.7. The molecule has 0 saturated heterocycles. The smallest absolute Gasteiger partial charge is 0.344 e. The fourth-order valence-corrected chi connectivity index (χ4v) is 2.53. The Labute approximate surface area is 168 Å². The second kappa shape index (κ2) is 9.72. The van der Waals surface area contributed by atoms with E-state index in [1.165, 1.54) is 0 Å². The largest absolute Gasteiger partial charge is 0.482 e. The Hall–Kier alpha value is -4.11. The molecule has 3 aromatic carbocycles. The molecule has 3 aromatic rings. The van der Waals surface area contributed by atoms with Gasteiger partial charge in [0.05, 0.1) is 11.6 Å². The van der Waals surface area contributed by atoms with Crippen LogP contribution < -0.4 is 10.1 Å². The van der Waals surface area contributed by atoms with Crippen molar-refractivity contribution < 1.29 is 19.1 Å². The van der Waals surface area contributed by atoms with E-state index in [-0.39, 0.29) is 6.61 Å². The molecule has 0 radical (unpaired) electrons. The van der Waals surface area contributed by atoms with Crippen LogP contribution >= 0.6 is 0 Å². The number of carbonyl (C=O) groups excluding carboxylic acids is 2. The topological polar surface area (TPSA) is 88.4 Å². The van der Waals surface area contributed by atoms with Gasteiger partial charge in [0.2, 0.25) is 0 Å². The average molecular weight is 386 g/mol. The number of benzene rings is 3. The molecular weight excluding hydrogens is 368 g/mol. The fraction of sp³-hybridized carbons (Fsp3) is 0.0870. The SMILES string of the molecule is N#Cc1ccc(OCC(=O)OCC(=O)Nc2ccc(-c3ccccc3)cc2)cc1. The molecule has 6 nitrogen and oxygen atoms in total. The lowest BCUT2D eigenvalue weighted by Gasteiger charge is -2.09. The minimum absolute atomic E-state index is 0.328. The maximum absolute atomic E-state index is 12.0. The van der Waals surface area contributed by atoms with Crippen molar-refractivity contribution in [2.45, 2.75) is 0 Å². The van der Waals surface area contributed by atoms with E-state index in [1.807, 2.05) is 48.5 Å². The molecule has 0 unspecified atom stereocenters. The number of anilines is 1. The summed E-state index contributed by atoms with van der Waals surface area (Å²) in [6.45, 7) is -0.735. The minimum atomic E-state index is -0.663. The van der Waals surface area contributed by atoms with E-state index in [4.69, 9.17) is 14.7 Å². The molecule has 0 saturated carbocycles. The van der Waals surface area contributed by atoms with Gasteiger partial charge < -0.3 is 14.8 Å². The first-order chi connectivity index (χ1) is 14.1. The van der Waals surface area contributed by atoms with E-state index in [9.17, 15) is 9.59 Å². The van der Waals surface area contributed by atoms with Crippen LogP contribution in [0.2, 0.25) is 0 Å². The van der Waals surface area contributed by atoms with Gasteiger partial charge in [-0.2, -0.15) is 5.26 Å². The van der Waals surface area contributed by atoms with Crippen molar-refractivity contribution in [1.29, 1.82) is 5.26 Å². The van der Waals surface area contributed by atoms with Crippen molar-refractivity contribution in [3.8, 4) is 22.9 Å². The Morgan fingerprint density at radius 1 is 0.828 bits per heavy atom. The number of hydrogen-bond donors (Lipinski definition) is 1. The van der Waals surface area contributed by atoms with E-state index < -0.39 is 18.5 Å². The second-order valence-corrected chi connectivity index (χ2v) is 6.08. The third kappa shape index (κ3) is 5.94. The highest BCUT2D eigenvalue weighted by Crippen LogP contribution is 2.21. The van der Waals surface area contributed by atoms with Crippen LogP contribution in [0.4, 0.5) is 5.69 Å². The molecule has 144 valence electrons. The molecule has 0 aliphatic rings. The van der Waals surface area contributed by atoms with Crippen molar-refractivity contribution in [2.75, 3.05) is 18.5 Å². The molecule has 1 amide bonds. The van der Waals surface area contributed by atoms with Crippen molar-refractivity contribution >= 4 is 17.6 Å². The van der Waals surface area contributed by atoms with Gasteiger partial charge in [0.1, 0.15) is 5.75 Å². The predicted octanol–water partition coefficient (Wildman–Crippen LogP) is 3.79. The standard InChI is InChI=1S/C23H18N2O4/c24-14-17-6-12-21(13-7-17)28-16-23(27)29-15-22(26)25-20-10-8-19(9-11-20)18-4-2-1-3-5-18/h1-13H,15-16H2,(H,25,26). The van der Waals surface area contributed by atoms with Crippen LogP contribution in [0.15, 0.2) is 78.9 Å². The van der Waals surface area contributed by atoms with Gasteiger partial charge in [-0.1, -0.05) is 42.5 Å². The average Bonchev–Trinajstić information content (AvgIpc) is 2.78. The summed E-state index contributed by atoms with van der Waals surface area (Å²) < 4.78 is 10.2.